The van der Waals surface area contributed by atoms with Crippen LogP contribution in [0.3, 0.4) is 0 Å². The van der Waals surface area contributed by atoms with Crippen LogP contribution < -0.4 is 0 Å². The molecule has 0 bridgehead atoms. The predicted molar refractivity (Wildman–Crippen MR) is 67.2 cm³/mol. The molecule has 0 amide bonds. The van der Waals surface area contributed by atoms with Crippen LogP contribution in [0.25, 0.3) is 0 Å². The first-order chi connectivity index (χ1) is 8.33. The molecule has 0 aromatic heterocycles. The summed E-state index contributed by atoms with van der Waals surface area (Å²) >= 11 is 0. The van der Waals surface area contributed by atoms with Crippen LogP contribution in [-0.4, -0.2) is 38.6 Å². The van der Waals surface area contributed by atoms with Gasteiger partial charge in [-0.1, -0.05) is 12.8 Å². The highest BCUT2D eigenvalue weighted by Gasteiger charge is 2.30. The lowest BCUT2D eigenvalue weighted by molar-refractivity contribution is -0.127. The number of ether oxygens (including phenoxy) is 3. The van der Waals surface area contributed by atoms with Crippen molar-refractivity contribution >= 4 is 0 Å². The van der Waals surface area contributed by atoms with Crippen LogP contribution in [0.4, 0.5) is 0 Å². The van der Waals surface area contributed by atoms with Gasteiger partial charge in [0.1, 0.15) is 0 Å². The molecule has 0 N–H and O–H groups in total. The zero-order valence-corrected chi connectivity index (χ0v) is 11.2. The van der Waals surface area contributed by atoms with Crippen molar-refractivity contribution in [2.75, 3.05) is 14.2 Å². The Labute approximate surface area is 105 Å². The maximum absolute atomic E-state index is 6.26. The molecule has 0 spiro atoms. The number of methoxy groups -OCH3 is 2. The average molecular weight is 242 g/mol. The molecule has 4 unspecified atom stereocenters. The summed E-state index contributed by atoms with van der Waals surface area (Å²) in [7, 11) is 3.62. The first-order valence-electron chi connectivity index (χ1n) is 7.04. The van der Waals surface area contributed by atoms with E-state index in [0.717, 1.165) is 19.3 Å². The molecule has 0 saturated heterocycles. The van der Waals surface area contributed by atoms with E-state index in [4.69, 9.17) is 14.2 Å². The van der Waals surface area contributed by atoms with E-state index in [0.29, 0.717) is 24.4 Å². The molecule has 0 aromatic rings. The van der Waals surface area contributed by atoms with Crippen molar-refractivity contribution in [3.63, 3.8) is 0 Å². The summed E-state index contributed by atoms with van der Waals surface area (Å²) in [5, 5.41) is 0. The maximum atomic E-state index is 6.26. The van der Waals surface area contributed by atoms with Gasteiger partial charge in [0.05, 0.1) is 24.4 Å². The standard InChI is InChI=1S/C14H26O3/c1-15-11-6-5-7-12(10-11)17-14-9-4-3-8-13(14)16-2/h11-14H,3-10H2,1-2H3. The lowest BCUT2D eigenvalue weighted by Crippen LogP contribution is -2.39. The third-order valence-corrected chi connectivity index (χ3v) is 4.22. The fraction of sp³-hybridized carbons (Fsp3) is 1.00. The SMILES string of the molecule is COC1CCCC(OC2CCCCC2OC)C1. The topological polar surface area (TPSA) is 27.7 Å². The minimum Gasteiger partial charge on any atom is -0.381 e. The van der Waals surface area contributed by atoms with E-state index >= 15 is 0 Å². The molecule has 3 nitrogen and oxygen atoms in total. The van der Waals surface area contributed by atoms with E-state index in [1.807, 2.05) is 14.2 Å². The first-order valence-corrected chi connectivity index (χ1v) is 7.04. The Hall–Kier alpha value is -0.120. The molecule has 3 heteroatoms. The van der Waals surface area contributed by atoms with Gasteiger partial charge in [0, 0.05) is 14.2 Å². The molecule has 2 fully saturated rings. The Balaban J connectivity index is 1.81. The Morgan fingerprint density at radius 3 is 2.12 bits per heavy atom. The van der Waals surface area contributed by atoms with Gasteiger partial charge in [0.15, 0.2) is 0 Å². The van der Waals surface area contributed by atoms with Crippen molar-refractivity contribution in [2.24, 2.45) is 0 Å². The molecular weight excluding hydrogens is 216 g/mol. The number of hydrogen-bond donors (Lipinski definition) is 0. The molecule has 2 rings (SSSR count). The van der Waals surface area contributed by atoms with Crippen molar-refractivity contribution < 1.29 is 14.2 Å². The van der Waals surface area contributed by atoms with Gasteiger partial charge in [-0.15, -0.1) is 0 Å². The van der Waals surface area contributed by atoms with Crippen LogP contribution in [0, 0.1) is 0 Å². The predicted octanol–water partition coefficient (Wildman–Crippen LogP) is 2.92. The van der Waals surface area contributed by atoms with Gasteiger partial charge >= 0.3 is 0 Å². The number of hydrogen-bond acceptors (Lipinski definition) is 3. The minimum absolute atomic E-state index is 0.312. The van der Waals surface area contributed by atoms with Crippen LogP contribution in [-0.2, 0) is 14.2 Å². The Bertz CT molecular complexity index is 220. The Morgan fingerprint density at radius 2 is 1.41 bits per heavy atom. The van der Waals surface area contributed by atoms with Crippen LogP contribution in [0.5, 0.6) is 0 Å². The van der Waals surface area contributed by atoms with Gasteiger partial charge in [-0.05, 0) is 38.5 Å². The van der Waals surface area contributed by atoms with Crippen LogP contribution >= 0.6 is 0 Å². The minimum atomic E-state index is 0.312. The van der Waals surface area contributed by atoms with Crippen molar-refractivity contribution in [1.29, 1.82) is 0 Å². The smallest absolute Gasteiger partial charge is 0.0840 e. The van der Waals surface area contributed by atoms with Crippen molar-refractivity contribution in [2.45, 2.75) is 75.8 Å². The largest absolute Gasteiger partial charge is 0.381 e. The lowest BCUT2D eigenvalue weighted by Gasteiger charge is -2.36. The summed E-state index contributed by atoms with van der Waals surface area (Å²) in [5.74, 6) is 0. The third kappa shape index (κ3) is 3.67. The van der Waals surface area contributed by atoms with Gasteiger partial charge in [-0.2, -0.15) is 0 Å². The molecule has 2 aliphatic rings. The van der Waals surface area contributed by atoms with Gasteiger partial charge < -0.3 is 14.2 Å². The molecule has 4 atom stereocenters. The zero-order valence-electron chi connectivity index (χ0n) is 11.2. The van der Waals surface area contributed by atoms with E-state index in [2.05, 4.69) is 0 Å². The van der Waals surface area contributed by atoms with Gasteiger partial charge in [0.2, 0.25) is 0 Å². The molecule has 2 saturated carbocycles. The Kier molecular flexibility index (Phi) is 5.26. The molecule has 0 aliphatic heterocycles. The average Bonchev–Trinajstić information content (AvgIpc) is 2.39. The fourth-order valence-corrected chi connectivity index (χ4v) is 3.18. The summed E-state index contributed by atoms with van der Waals surface area (Å²) in [6.45, 7) is 0. The zero-order chi connectivity index (χ0) is 12.1. The van der Waals surface area contributed by atoms with E-state index in [9.17, 15) is 0 Å². The maximum Gasteiger partial charge on any atom is 0.0840 e. The third-order valence-electron chi connectivity index (χ3n) is 4.22. The molecule has 2 aliphatic carbocycles. The normalized spacial score (nSPS) is 39.2. The highest BCUT2D eigenvalue weighted by Crippen LogP contribution is 2.29. The summed E-state index contributed by atoms with van der Waals surface area (Å²) in [4.78, 5) is 0. The lowest BCUT2D eigenvalue weighted by atomic mass is 9.92. The van der Waals surface area contributed by atoms with E-state index in [1.54, 1.807) is 0 Å². The Morgan fingerprint density at radius 1 is 0.706 bits per heavy atom. The molecular formula is C14H26O3. The van der Waals surface area contributed by atoms with E-state index in [1.165, 1.54) is 32.1 Å². The van der Waals surface area contributed by atoms with Crippen molar-refractivity contribution in [3.8, 4) is 0 Å². The van der Waals surface area contributed by atoms with Crippen LogP contribution in [0.1, 0.15) is 51.4 Å². The number of rotatable bonds is 4. The molecule has 0 aromatic carbocycles. The summed E-state index contributed by atoms with van der Waals surface area (Å²) in [6, 6.07) is 0. The second-order valence-electron chi connectivity index (χ2n) is 5.38. The second-order valence-corrected chi connectivity index (χ2v) is 5.38. The van der Waals surface area contributed by atoms with Crippen molar-refractivity contribution in [1.82, 2.24) is 0 Å². The van der Waals surface area contributed by atoms with Crippen LogP contribution in [0.15, 0.2) is 0 Å². The van der Waals surface area contributed by atoms with E-state index < -0.39 is 0 Å². The van der Waals surface area contributed by atoms with Gasteiger partial charge in [-0.25, -0.2) is 0 Å². The van der Waals surface area contributed by atoms with E-state index in [-0.39, 0.29) is 0 Å². The van der Waals surface area contributed by atoms with Gasteiger partial charge in [-0.3, -0.25) is 0 Å². The summed E-state index contributed by atoms with van der Waals surface area (Å²) in [5.41, 5.74) is 0. The molecule has 0 radical (unpaired) electrons. The van der Waals surface area contributed by atoms with Crippen LogP contribution in [0.2, 0.25) is 0 Å². The van der Waals surface area contributed by atoms with Gasteiger partial charge in [0.25, 0.3) is 0 Å². The highest BCUT2D eigenvalue weighted by molar-refractivity contribution is 4.80. The first kappa shape index (κ1) is 13.3. The summed E-state index contributed by atoms with van der Waals surface area (Å²) in [6.07, 6.45) is 11.0. The monoisotopic (exact) mass is 242 g/mol. The summed E-state index contributed by atoms with van der Waals surface area (Å²) < 4.78 is 17.3. The second kappa shape index (κ2) is 6.72. The molecule has 0 heterocycles. The molecule has 100 valence electrons. The fourth-order valence-electron chi connectivity index (χ4n) is 3.18. The molecule has 17 heavy (non-hydrogen) atoms. The highest BCUT2D eigenvalue weighted by atomic mass is 16.5. The quantitative estimate of drug-likeness (QED) is 0.758. The van der Waals surface area contributed by atoms with Crippen molar-refractivity contribution in [3.05, 3.63) is 0 Å².